The molecule has 5 aromatic rings. The summed E-state index contributed by atoms with van der Waals surface area (Å²) in [6, 6.07) is 25.6. The molecule has 0 amide bonds. The molecule has 0 bridgehead atoms. The van der Waals surface area contributed by atoms with Crippen LogP contribution in [0.2, 0.25) is 0 Å². The Balaban J connectivity index is 0.000000357. The van der Waals surface area contributed by atoms with Crippen LogP contribution in [-0.4, -0.2) is 39.5 Å². The van der Waals surface area contributed by atoms with E-state index in [1.165, 1.54) is 5.39 Å². The number of nitrogens with zero attached hydrogens (tertiary/aromatic N) is 2. The van der Waals surface area contributed by atoms with E-state index in [0.717, 1.165) is 44.2 Å². The Hall–Kier alpha value is -2.89. The Kier molecular flexibility index (Phi) is 8.70. The van der Waals surface area contributed by atoms with Crippen LogP contribution in [-0.2, 0) is 20.1 Å². The summed E-state index contributed by atoms with van der Waals surface area (Å²) in [6.45, 7) is 3.32. The van der Waals surface area contributed by atoms with Crippen molar-refractivity contribution < 1.29 is 35.1 Å². The normalized spacial score (nSPS) is 12.5. The van der Waals surface area contributed by atoms with Crippen LogP contribution in [0.25, 0.3) is 43.8 Å². The smallest absolute Gasteiger partial charge is 0.118 e. The van der Waals surface area contributed by atoms with Gasteiger partial charge in [0, 0.05) is 37.4 Å². The third-order valence-corrected chi connectivity index (χ3v) is 5.41. The van der Waals surface area contributed by atoms with Gasteiger partial charge >= 0.3 is 0 Å². The number of rotatable bonds is 4. The fourth-order valence-electron chi connectivity index (χ4n) is 3.94. The van der Waals surface area contributed by atoms with E-state index in [9.17, 15) is 0 Å². The molecule has 6 heteroatoms. The van der Waals surface area contributed by atoms with Gasteiger partial charge in [0.2, 0.25) is 0 Å². The maximum atomic E-state index is 8.56. The molecule has 2 atom stereocenters. The average molecular weight is 632 g/mol. The first-order chi connectivity index (χ1) is 16.0. The topological polar surface area (TPSA) is 75.5 Å². The molecule has 5 nitrogen and oxygen atoms in total. The third-order valence-electron chi connectivity index (χ3n) is 5.41. The van der Waals surface area contributed by atoms with Gasteiger partial charge in [-0.25, -0.2) is 0 Å². The number of ether oxygens (including phenoxy) is 1. The second-order valence-electron chi connectivity index (χ2n) is 8.12. The standard InChI is InChI=1S/C23H15N2O.C5H12O2.Ir/c1-26-16-12-10-15(11-13-16)21-14-24-22-19-8-4-2-6-17(19)18-7-3-5-9-20(18)23(22)25-21;1-4(6)3-5(2)7;/h2-7,9-14H,1H3;4-7H,3H2,1-2H3;/q-1;;. The van der Waals surface area contributed by atoms with Crippen molar-refractivity contribution in [1.29, 1.82) is 0 Å². The van der Waals surface area contributed by atoms with Crippen molar-refractivity contribution in [3.05, 3.63) is 79.0 Å². The molecule has 1 aromatic heterocycles. The van der Waals surface area contributed by atoms with E-state index < -0.39 is 0 Å². The second kappa shape index (κ2) is 11.5. The van der Waals surface area contributed by atoms with Crippen molar-refractivity contribution in [1.82, 2.24) is 9.97 Å². The van der Waals surface area contributed by atoms with Gasteiger partial charge in [0.15, 0.2) is 0 Å². The number of benzene rings is 4. The van der Waals surface area contributed by atoms with E-state index in [4.69, 9.17) is 24.9 Å². The number of hydrogen-bond donors (Lipinski definition) is 2. The molecule has 0 saturated carbocycles. The van der Waals surface area contributed by atoms with Gasteiger partial charge in [0.1, 0.15) is 5.75 Å². The van der Waals surface area contributed by atoms with Crippen molar-refractivity contribution >= 4 is 32.6 Å². The van der Waals surface area contributed by atoms with E-state index in [-0.39, 0.29) is 32.3 Å². The second-order valence-corrected chi connectivity index (χ2v) is 8.12. The predicted octanol–water partition coefficient (Wildman–Crippen LogP) is 5.55. The summed E-state index contributed by atoms with van der Waals surface area (Å²) >= 11 is 0. The predicted molar refractivity (Wildman–Crippen MR) is 133 cm³/mol. The molecule has 0 spiro atoms. The molecule has 0 aliphatic heterocycles. The first-order valence-electron chi connectivity index (χ1n) is 11.0. The summed E-state index contributed by atoms with van der Waals surface area (Å²) in [5.41, 5.74) is 3.66. The average Bonchev–Trinajstić information content (AvgIpc) is 2.83. The van der Waals surface area contributed by atoms with Gasteiger partial charge in [-0.05, 0) is 49.9 Å². The van der Waals surface area contributed by atoms with Gasteiger partial charge in [-0.15, -0.1) is 29.7 Å². The molecule has 1 radical (unpaired) electrons. The van der Waals surface area contributed by atoms with E-state index in [2.05, 4.69) is 30.3 Å². The summed E-state index contributed by atoms with van der Waals surface area (Å²) in [4.78, 5) is 9.71. The van der Waals surface area contributed by atoms with Gasteiger partial charge in [-0.1, -0.05) is 35.0 Å². The molecule has 2 N–H and O–H groups in total. The van der Waals surface area contributed by atoms with Crippen LogP contribution in [0.5, 0.6) is 5.75 Å². The molecular weight excluding hydrogens is 605 g/mol. The zero-order chi connectivity index (χ0) is 23.4. The molecule has 5 rings (SSSR count). The minimum Gasteiger partial charge on any atom is -0.497 e. The Bertz CT molecular complexity index is 1340. The van der Waals surface area contributed by atoms with Gasteiger partial charge in [-0.2, -0.15) is 0 Å². The molecule has 0 aliphatic rings. The summed E-state index contributed by atoms with van der Waals surface area (Å²) in [5.74, 6) is 0.827. The van der Waals surface area contributed by atoms with E-state index in [1.54, 1.807) is 21.0 Å². The zero-order valence-electron chi connectivity index (χ0n) is 19.3. The maximum Gasteiger partial charge on any atom is 0.118 e. The molecule has 1 heterocycles. The van der Waals surface area contributed by atoms with Gasteiger partial charge in [0.05, 0.1) is 30.5 Å². The van der Waals surface area contributed by atoms with Crippen LogP contribution >= 0.6 is 0 Å². The number of methoxy groups -OCH3 is 1. The fraction of sp³-hybridized carbons (Fsp3) is 0.214. The van der Waals surface area contributed by atoms with Crippen molar-refractivity contribution in [2.45, 2.75) is 32.5 Å². The monoisotopic (exact) mass is 632 g/mol. The molecule has 0 aliphatic carbocycles. The van der Waals surface area contributed by atoms with E-state index in [0.29, 0.717) is 6.42 Å². The number of aromatic nitrogens is 2. The van der Waals surface area contributed by atoms with Gasteiger partial charge in [-0.3, -0.25) is 4.98 Å². The molecule has 0 saturated heterocycles. The van der Waals surface area contributed by atoms with E-state index in [1.807, 2.05) is 48.7 Å². The SMILES string of the molecule is CC(O)CC(C)O.COc1ccc(-c2cnc3c4[c-]cccc4c4ccccc4c3n2)cc1.[Ir]. The fourth-order valence-corrected chi connectivity index (χ4v) is 3.94. The summed E-state index contributed by atoms with van der Waals surface area (Å²) in [5, 5.41) is 21.6. The zero-order valence-corrected chi connectivity index (χ0v) is 21.7. The minimum absolute atomic E-state index is 0. The molecule has 4 aromatic carbocycles. The van der Waals surface area contributed by atoms with Crippen LogP contribution in [0.15, 0.2) is 72.9 Å². The van der Waals surface area contributed by atoms with Crippen LogP contribution in [0.4, 0.5) is 0 Å². The first-order valence-corrected chi connectivity index (χ1v) is 11.0. The molecule has 0 fully saturated rings. The van der Waals surface area contributed by atoms with Gasteiger partial charge < -0.3 is 19.9 Å². The number of fused-ring (bicyclic) bond motifs is 6. The summed E-state index contributed by atoms with van der Waals surface area (Å²) in [6.07, 6.45) is 1.55. The van der Waals surface area contributed by atoms with Crippen LogP contribution in [0.3, 0.4) is 0 Å². The van der Waals surface area contributed by atoms with Crippen molar-refractivity contribution in [3.63, 3.8) is 0 Å². The minimum atomic E-state index is -0.375. The molecule has 177 valence electrons. The van der Waals surface area contributed by atoms with Crippen molar-refractivity contribution in [3.8, 4) is 17.0 Å². The van der Waals surface area contributed by atoms with Crippen LogP contribution < -0.4 is 4.74 Å². The summed E-state index contributed by atoms with van der Waals surface area (Å²) < 4.78 is 5.24. The largest absolute Gasteiger partial charge is 0.497 e. The Morgan fingerprint density at radius 2 is 1.50 bits per heavy atom. The Labute approximate surface area is 212 Å². The van der Waals surface area contributed by atoms with E-state index >= 15 is 0 Å². The molecular formula is C28H27IrN2O3-. The van der Waals surface area contributed by atoms with Crippen molar-refractivity contribution in [2.75, 3.05) is 7.11 Å². The Morgan fingerprint density at radius 1 is 0.853 bits per heavy atom. The number of aliphatic hydroxyl groups excluding tert-OH is 2. The van der Waals surface area contributed by atoms with Crippen LogP contribution in [0, 0.1) is 6.07 Å². The molecule has 34 heavy (non-hydrogen) atoms. The third kappa shape index (κ3) is 5.60. The Morgan fingerprint density at radius 3 is 2.12 bits per heavy atom. The number of hydrogen-bond acceptors (Lipinski definition) is 5. The molecule has 2 unspecified atom stereocenters. The quantitative estimate of drug-likeness (QED) is 0.201. The summed E-state index contributed by atoms with van der Waals surface area (Å²) in [7, 11) is 1.67. The number of aliphatic hydroxyl groups is 2. The first kappa shape index (κ1) is 25.7. The van der Waals surface area contributed by atoms with Crippen LogP contribution in [0.1, 0.15) is 20.3 Å². The van der Waals surface area contributed by atoms with Gasteiger partial charge in [0.25, 0.3) is 0 Å². The van der Waals surface area contributed by atoms with Crippen molar-refractivity contribution in [2.24, 2.45) is 0 Å². The maximum absolute atomic E-state index is 8.56.